The lowest BCUT2D eigenvalue weighted by Crippen LogP contribution is -2.30. The van der Waals surface area contributed by atoms with Crippen molar-refractivity contribution in [3.05, 3.63) is 33.8 Å². The maximum absolute atomic E-state index is 12.2. The highest BCUT2D eigenvalue weighted by Gasteiger charge is 2.31. The summed E-state index contributed by atoms with van der Waals surface area (Å²) in [6, 6.07) is 5.62. The van der Waals surface area contributed by atoms with Gasteiger partial charge in [-0.3, -0.25) is 4.79 Å². The standard InChI is InChI=1S/C14H17Cl2NOS/c1-2-3-7-12(18)17-8-9-19-14(17)10-5-4-6-11(15)13(10)16/h4-6,14H,2-3,7-9H2,1H3/t14-/m1/s1. The van der Waals surface area contributed by atoms with Gasteiger partial charge in [0.1, 0.15) is 5.37 Å². The SMILES string of the molecule is CCCCC(=O)N1CCS[C@@H]1c1cccc(Cl)c1Cl. The molecule has 1 fully saturated rings. The van der Waals surface area contributed by atoms with Crippen LogP contribution >= 0.6 is 35.0 Å². The number of carbonyl (C=O) groups excluding carboxylic acids is 1. The van der Waals surface area contributed by atoms with E-state index in [1.165, 1.54) is 0 Å². The molecule has 1 aromatic rings. The van der Waals surface area contributed by atoms with E-state index in [9.17, 15) is 4.79 Å². The van der Waals surface area contributed by atoms with Crippen LogP contribution in [0.5, 0.6) is 0 Å². The first-order valence-corrected chi connectivity index (χ1v) is 8.30. The van der Waals surface area contributed by atoms with Crippen LogP contribution in [0.3, 0.4) is 0 Å². The minimum Gasteiger partial charge on any atom is -0.326 e. The van der Waals surface area contributed by atoms with Crippen LogP contribution in [0.15, 0.2) is 18.2 Å². The van der Waals surface area contributed by atoms with Crippen molar-refractivity contribution in [2.24, 2.45) is 0 Å². The van der Waals surface area contributed by atoms with E-state index in [0.29, 0.717) is 16.5 Å². The number of amides is 1. The molecule has 1 aliphatic heterocycles. The molecule has 0 aliphatic carbocycles. The van der Waals surface area contributed by atoms with E-state index < -0.39 is 0 Å². The van der Waals surface area contributed by atoms with Crippen LogP contribution in [0, 0.1) is 0 Å². The van der Waals surface area contributed by atoms with Gasteiger partial charge in [-0.05, 0) is 12.5 Å². The summed E-state index contributed by atoms with van der Waals surface area (Å²) in [4.78, 5) is 14.1. The first kappa shape index (κ1) is 15.0. The van der Waals surface area contributed by atoms with E-state index in [-0.39, 0.29) is 11.3 Å². The van der Waals surface area contributed by atoms with E-state index in [2.05, 4.69) is 6.92 Å². The Hall–Kier alpha value is -0.380. The van der Waals surface area contributed by atoms with Crippen molar-refractivity contribution in [3.63, 3.8) is 0 Å². The lowest BCUT2D eigenvalue weighted by Gasteiger charge is -2.25. The second-order valence-corrected chi connectivity index (χ2v) is 6.53. The highest BCUT2D eigenvalue weighted by Crippen LogP contribution is 2.42. The smallest absolute Gasteiger partial charge is 0.223 e. The summed E-state index contributed by atoms with van der Waals surface area (Å²) in [5, 5.41) is 1.13. The van der Waals surface area contributed by atoms with Gasteiger partial charge >= 0.3 is 0 Å². The molecule has 19 heavy (non-hydrogen) atoms. The number of hydrogen-bond donors (Lipinski definition) is 0. The number of unbranched alkanes of at least 4 members (excludes halogenated alkanes) is 1. The van der Waals surface area contributed by atoms with Crippen LogP contribution in [0.2, 0.25) is 10.0 Å². The topological polar surface area (TPSA) is 20.3 Å². The van der Waals surface area contributed by atoms with Gasteiger partial charge in [0.25, 0.3) is 0 Å². The second kappa shape index (κ2) is 6.87. The number of nitrogens with zero attached hydrogens (tertiary/aromatic N) is 1. The summed E-state index contributed by atoms with van der Waals surface area (Å²) in [7, 11) is 0. The van der Waals surface area contributed by atoms with Crippen LogP contribution in [0.4, 0.5) is 0 Å². The minimum atomic E-state index is 0.00977. The van der Waals surface area contributed by atoms with Crippen LogP contribution < -0.4 is 0 Å². The fourth-order valence-corrected chi connectivity index (χ4v) is 3.95. The summed E-state index contributed by atoms with van der Waals surface area (Å²) >= 11 is 14.1. The molecule has 0 aromatic heterocycles. The third kappa shape index (κ3) is 3.39. The van der Waals surface area contributed by atoms with Gasteiger partial charge in [0, 0.05) is 24.3 Å². The predicted molar refractivity (Wildman–Crippen MR) is 82.9 cm³/mol. The van der Waals surface area contributed by atoms with Crippen LogP contribution in [0.1, 0.15) is 37.1 Å². The molecule has 0 bridgehead atoms. The molecule has 0 radical (unpaired) electrons. The Balaban J connectivity index is 2.18. The fraction of sp³-hybridized carbons (Fsp3) is 0.500. The Kier molecular flexibility index (Phi) is 5.43. The van der Waals surface area contributed by atoms with Crippen molar-refractivity contribution in [1.82, 2.24) is 4.90 Å². The Morgan fingerprint density at radius 3 is 3.00 bits per heavy atom. The van der Waals surface area contributed by atoms with Gasteiger partial charge in [0.2, 0.25) is 5.91 Å². The van der Waals surface area contributed by atoms with E-state index >= 15 is 0 Å². The molecule has 0 unspecified atom stereocenters. The van der Waals surface area contributed by atoms with E-state index in [1.807, 2.05) is 17.0 Å². The van der Waals surface area contributed by atoms with Crippen molar-refractivity contribution in [3.8, 4) is 0 Å². The Labute approximate surface area is 128 Å². The Bertz CT molecular complexity index is 467. The highest BCUT2D eigenvalue weighted by molar-refractivity contribution is 7.99. The Morgan fingerprint density at radius 1 is 1.47 bits per heavy atom. The van der Waals surface area contributed by atoms with E-state index in [0.717, 1.165) is 30.7 Å². The monoisotopic (exact) mass is 317 g/mol. The van der Waals surface area contributed by atoms with Crippen LogP contribution in [-0.2, 0) is 4.79 Å². The summed E-state index contributed by atoms with van der Waals surface area (Å²) in [6.07, 6.45) is 2.59. The summed E-state index contributed by atoms with van der Waals surface area (Å²) in [5.41, 5.74) is 0.946. The molecule has 5 heteroatoms. The molecule has 1 amide bonds. The maximum atomic E-state index is 12.2. The molecule has 104 valence electrons. The molecule has 1 atom stereocenters. The molecular formula is C14H17Cl2NOS. The number of hydrogen-bond acceptors (Lipinski definition) is 2. The quantitative estimate of drug-likeness (QED) is 0.798. The molecule has 2 rings (SSSR count). The zero-order valence-corrected chi connectivity index (χ0v) is 13.2. The predicted octanol–water partition coefficient (Wildman–Crippen LogP) is 4.76. The first-order chi connectivity index (χ1) is 9.15. The first-order valence-electron chi connectivity index (χ1n) is 6.50. The zero-order valence-electron chi connectivity index (χ0n) is 10.9. The van der Waals surface area contributed by atoms with Crippen LogP contribution in [0.25, 0.3) is 0 Å². The third-order valence-corrected chi connectivity index (χ3v) is 5.28. The highest BCUT2D eigenvalue weighted by atomic mass is 35.5. The zero-order chi connectivity index (χ0) is 13.8. The van der Waals surface area contributed by atoms with Gasteiger partial charge < -0.3 is 4.90 Å². The molecule has 0 saturated carbocycles. The molecule has 1 aromatic carbocycles. The van der Waals surface area contributed by atoms with Crippen molar-refractivity contribution >= 4 is 40.9 Å². The van der Waals surface area contributed by atoms with E-state index in [4.69, 9.17) is 23.2 Å². The normalized spacial score (nSPS) is 18.9. The van der Waals surface area contributed by atoms with Crippen molar-refractivity contribution < 1.29 is 4.79 Å². The summed E-state index contributed by atoms with van der Waals surface area (Å²) < 4.78 is 0. The molecular weight excluding hydrogens is 301 g/mol. The number of rotatable bonds is 4. The summed E-state index contributed by atoms with van der Waals surface area (Å²) in [6.45, 7) is 2.89. The third-order valence-electron chi connectivity index (χ3n) is 3.20. The number of benzene rings is 1. The second-order valence-electron chi connectivity index (χ2n) is 4.56. The fourth-order valence-electron chi connectivity index (χ4n) is 2.17. The van der Waals surface area contributed by atoms with E-state index in [1.54, 1.807) is 17.8 Å². The lowest BCUT2D eigenvalue weighted by atomic mass is 10.2. The average molecular weight is 318 g/mol. The molecule has 2 nitrogen and oxygen atoms in total. The number of thioether (sulfide) groups is 1. The number of halogens is 2. The van der Waals surface area contributed by atoms with Gasteiger partial charge in [-0.2, -0.15) is 0 Å². The minimum absolute atomic E-state index is 0.00977. The maximum Gasteiger partial charge on any atom is 0.223 e. The van der Waals surface area contributed by atoms with Gasteiger partial charge in [-0.15, -0.1) is 11.8 Å². The van der Waals surface area contributed by atoms with Crippen molar-refractivity contribution in [1.29, 1.82) is 0 Å². The largest absolute Gasteiger partial charge is 0.326 e. The molecule has 1 heterocycles. The lowest BCUT2D eigenvalue weighted by molar-refractivity contribution is -0.131. The summed E-state index contributed by atoms with van der Waals surface area (Å²) in [5.74, 6) is 1.17. The molecule has 0 spiro atoms. The van der Waals surface area contributed by atoms with Gasteiger partial charge in [0.15, 0.2) is 0 Å². The molecule has 0 N–H and O–H groups in total. The van der Waals surface area contributed by atoms with Gasteiger partial charge in [-0.25, -0.2) is 0 Å². The van der Waals surface area contributed by atoms with Crippen molar-refractivity contribution in [2.45, 2.75) is 31.6 Å². The average Bonchev–Trinajstić information content (AvgIpc) is 2.88. The van der Waals surface area contributed by atoms with Gasteiger partial charge in [0.05, 0.1) is 10.0 Å². The van der Waals surface area contributed by atoms with Gasteiger partial charge in [-0.1, -0.05) is 48.7 Å². The van der Waals surface area contributed by atoms with Crippen molar-refractivity contribution in [2.75, 3.05) is 12.3 Å². The molecule has 1 aliphatic rings. The Morgan fingerprint density at radius 2 is 2.26 bits per heavy atom. The molecule has 1 saturated heterocycles. The van der Waals surface area contributed by atoms with Crippen LogP contribution in [-0.4, -0.2) is 23.1 Å². The number of carbonyl (C=O) groups is 1.